The second-order valence-corrected chi connectivity index (χ2v) is 6.75. The van der Waals surface area contributed by atoms with Gasteiger partial charge in [-0.3, -0.25) is 4.79 Å². The first-order valence-corrected chi connectivity index (χ1v) is 9.35. The number of aryl methyl sites for hydroxylation is 1. The van der Waals surface area contributed by atoms with Crippen LogP contribution in [0.2, 0.25) is 0 Å². The first-order chi connectivity index (χ1) is 12.7. The smallest absolute Gasteiger partial charge is 0.260 e. The van der Waals surface area contributed by atoms with Crippen LogP contribution in [0.5, 0.6) is 11.5 Å². The van der Waals surface area contributed by atoms with E-state index in [4.69, 9.17) is 9.47 Å². The maximum absolute atomic E-state index is 12.4. The molecule has 0 heterocycles. The van der Waals surface area contributed by atoms with E-state index in [0.717, 1.165) is 36.3 Å². The molecule has 0 spiro atoms. The molecule has 0 aromatic heterocycles. The third kappa shape index (κ3) is 4.57. The van der Waals surface area contributed by atoms with Gasteiger partial charge >= 0.3 is 0 Å². The normalized spacial score (nSPS) is 14.2. The summed E-state index contributed by atoms with van der Waals surface area (Å²) in [7, 11) is 1.65. The van der Waals surface area contributed by atoms with Gasteiger partial charge in [0.2, 0.25) is 0 Å². The van der Waals surface area contributed by atoms with E-state index in [1.54, 1.807) is 7.11 Å². The van der Waals surface area contributed by atoms with Gasteiger partial charge in [-0.05, 0) is 73.9 Å². The van der Waals surface area contributed by atoms with Crippen molar-refractivity contribution in [3.63, 3.8) is 0 Å². The molecular formula is C22H27NO3. The van der Waals surface area contributed by atoms with Gasteiger partial charge < -0.3 is 14.8 Å². The molecule has 0 saturated carbocycles. The van der Waals surface area contributed by atoms with Gasteiger partial charge in [-0.1, -0.05) is 24.3 Å². The van der Waals surface area contributed by atoms with Crippen molar-refractivity contribution in [1.82, 2.24) is 5.32 Å². The van der Waals surface area contributed by atoms with Crippen molar-refractivity contribution in [2.24, 2.45) is 0 Å². The SMILES string of the molecule is COc1ccc(CCNC(=O)C(C)Oc2cccc3c2CCCC3)cc1. The topological polar surface area (TPSA) is 47.6 Å². The quantitative estimate of drug-likeness (QED) is 0.826. The van der Waals surface area contributed by atoms with E-state index in [-0.39, 0.29) is 5.91 Å². The minimum absolute atomic E-state index is 0.0769. The van der Waals surface area contributed by atoms with Gasteiger partial charge in [0, 0.05) is 6.54 Å². The van der Waals surface area contributed by atoms with Gasteiger partial charge in [0.25, 0.3) is 5.91 Å². The van der Waals surface area contributed by atoms with Crippen LogP contribution in [0.3, 0.4) is 0 Å². The number of ether oxygens (including phenoxy) is 2. The first-order valence-electron chi connectivity index (χ1n) is 9.35. The third-order valence-electron chi connectivity index (χ3n) is 4.90. The molecule has 1 atom stereocenters. The molecule has 1 amide bonds. The lowest BCUT2D eigenvalue weighted by Gasteiger charge is -2.22. The Balaban J connectivity index is 1.50. The van der Waals surface area contributed by atoms with Crippen molar-refractivity contribution >= 4 is 5.91 Å². The molecule has 1 unspecified atom stereocenters. The summed E-state index contributed by atoms with van der Waals surface area (Å²) in [5.74, 6) is 1.62. The maximum Gasteiger partial charge on any atom is 0.260 e. The van der Waals surface area contributed by atoms with E-state index in [9.17, 15) is 4.79 Å². The Morgan fingerprint density at radius 3 is 2.65 bits per heavy atom. The molecule has 0 saturated heterocycles. The summed E-state index contributed by atoms with van der Waals surface area (Å²) in [6.45, 7) is 2.40. The Bertz CT molecular complexity index is 740. The molecule has 4 nitrogen and oxygen atoms in total. The number of methoxy groups -OCH3 is 1. The van der Waals surface area contributed by atoms with E-state index in [0.29, 0.717) is 6.54 Å². The van der Waals surface area contributed by atoms with Gasteiger partial charge in [0.1, 0.15) is 11.5 Å². The zero-order chi connectivity index (χ0) is 18.4. The predicted octanol–water partition coefficient (Wildman–Crippen LogP) is 3.70. The van der Waals surface area contributed by atoms with Crippen molar-refractivity contribution in [3.8, 4) is 11.5 Å². The molecule has 4 heteroatoms. The van der Waals surface area contributed by atoms with Gasteiger partial charge in [-0.25, -0.2) is 0 Å². The van der Waals surface area contributed by atoms with Crippen molar-refractivity contribution in [3.05, 3.63) is 59.2 Å². The van der Waals surface area contributed by atoms with Gasteiger partial charge in [-0.15, -0.1) is 0 Å². The number of nitrogens with one attached hydrogen (secondary N) is 1. The summed E-state index contributed by atoms with van der Waals surface area (Å²) in [6, 6.07) is 14.1. The summed E-state index contributed by atoms with van der Waals surface area (Å²) < 4.78 is 11.1. The molecule has 138 valence electrons. The standard InChI is InChI=1S/C22H27NO3/c1-16(26-21-9-5-7-18-6-3-4-8-20(18)21)22(24)23-15-14-17-10-12-19(25-2)13-11-17/h5,7,9-13,16H,3-4,6,8,14-15H2,1-2H3,(H,23,24). The van der Waals surface area contributed by atoms with E-state index in [2.05, 4.69) is 11.4 Å². The Labute approximate surface area is 155 Å². The summed E-state index contributed by atoms with van der Waals surface area (Å²) in [4.78, 5) is 12.4. The molecule has 0 fully saturated rings. The molecule has 0 radical (unpaired) electrons. The summed E-state index contributed by atoms with van der Waals surface area (Å²) in [5, 5.41) is 2.96. The van der Waals surface area contributed by atoms with Gasteiger partial charge in [-0.2, -0.15) is 0 Å². The largest absolute Gasteiger partial charge is 0.497 e. The van der Waals surface area contributed by atoms with Crippen molar-refractivity contribution in [2.45, 2.75) is 45.1 Å². The van der Waals surface area contributed by atoms with E-state index in [1.165, 1.54) is 24.0 Å². The lowest BCUT2D eigenvalue weighted by Crippen LogP contribution is -2.37. The predicted molar refractivity (Wildman–Crippen MR) is 103 cm³/mol. The number of hydrogen-bond donors (Lipinski definition) is 1. The van der Waals surface area contributed by atoms with Crippen LogP contribution >= 0.6 is 0 Å². The monoisotopic (exact) mass is 353 g/mol. The van der Waals surface area contributed by atoms with Crippen LogP contribution < -0.4 is 14.8 Å². The molecule has 2 aromatic rings. The zero-order valence-electron chi connectivity index (χ0n) is 15.6. The van der Waals surface area contributed by atoms with E-state index in [1.807, 2.05) is 43.3 Å². The lowest BCUT2D eigenvalue weighted by molar-refractivity contribution is -0.127. The zero-order valence-corrected chi connectivity index (χ0v) is 15.6. The Morgan fingerprint density at radius 1 is 1.12 bits per heavy atom. The third-order valence-corrected chi connectivity index (χ3v) is 4.90. The number of amides is 1. The van der Waals surface area contributed by atoms with Crippen LogP contribution in [-0.4, -0.2) is 25.7 Å². The molecule has 1 N–H and O–H groups in total. The van der Waals surface area contributed by atoms with Crippen LogP contribution in [0.4, 0.5) is 0 Å². The molecular weight excluding hydrogens is 326 g/mol. The number of benzene rings is 2. The lowest BCUT2D eigenvalue weighted by atomic mass is 9.91. The number of rotatable bonds is 7. The van der Waals surface area contributed by atoms with Crippen LogP contribution in [0, 0.1) is 0 Å². The van der Waals surface area contributed by atoms with Crippen molar-refractivity contribution < 1.29 is 14.3 Å². The van der Waals surface area contributed by atoms with E-state index >= 15 is 0 Å². The fourth-order valence-corrected chi connectivity index (χ4v) is 3.37. The highest BCUT2D eigenvalue weighted by atomic mass is 16.5. The summed E-state index contributed by atoms with van der Waals surface area (Å²) >= 11 is 0. The second kappa shape index (κ2) is 8.75. The fraction of sp³-hybridized carbons (Fsp3) is 0.409. The Hall–Kier alpha value is -2.49. The summed E-state index contributed by atoms with van der Waals surface area (Å²) in [5.41, 5.74) is 3.80. The van der Waals surface area contributed by atoms with Crippen LogP contribution in [0.1, 0.15) is 36.5 Å². The average Bonchev–Trinajstić information content (AvgIpc) is 2.68. The van der Waals surface area contributed by atoms with E-state index < -0.39 is 6.10 Å². The minimum atomic E-state index is -0.501. The molecule has 1 aliphatic rings. The highest BCUT2D eigenvalue weighted by molar-refractivity contribution is 5.80. The average molecular weight is 353 g/mol. The van der Waals surface area contributed by atoms with Gasteiger partial charge in [0.05, 0.1) is 7.11 Å². The highest BCUT2D eigenvalue weighted by Crippen LogP contribution is 2.30. The number of hydrogen-bond acceptors (Lipinski definition) is 3. The van der Waals surface area contributed by atoms with Crippen molar-refractivity contribution in [1.29, 1.82) is 0 Å². The fourth-order valence-electron chi connectivity index (χ4n) is 3.37. The molecule has 1 aliphatic carbocycles. The van der Waals surface area contributed by atoms with Crippen LogP contribution in [0.25, 0.3) is 0 Å². The van der Waals surface area contributed by atoms with Crippen LogP contribution in [0.15, 0.2) is 42.5 Å². The number of fused-ring (bicyclic) bond motifs is 1. The Morgan fingerprint density at radius 2 is 1.88 bits per heavy atom. The van der Waals surface area contributed by atoms with Gasteiger partial charge in [0.15, 0.2) is 6.10 Å². The maximum atomic E-state index is 12.4. The number of carbonyl (C=O) groups is 1. The molecule has 26 heavy (non-hydrogen) atoms. The summed E-state index contributed by atoms with van der Waals surface area (Å²) in [6.07, 6.45) is 4.85. The first kappa shape index (κ1) is 18.3. The minimum Gasteiger partial charge on any atom is -0.497 e. The second-order valence-electron chi connectivity index (χ2n) is 6.75. The molecule has 0 bridgehead atoms. The van der Waals surface area contributed by atoms with Crippen LogP contribution in [-0.2, 0) is 24.1 Å². The van der Waals surface area contributed by atoms with Crippen molar-refractivity contribution in [2.75, 3.05) is 13.7 Å². The highest BCUT2D eigenvalue weighted by Gasteiger charge is 2.19. The molecule has 3 rings (SSSR count). The molecule has 0 aliphatic heterocycles. The Kier molecular flexibility index (Phi) is 6.16. The molecule has 2 aromatic carbocycles. The number of carbonyl (C=O) groups excluding carboxylic acids is 1.